The Labute approximate surface area is 186 Å². The monoisotopic (exact) mass is 498 g/mol. The van der Waals surface area contributed by atoms with E-state index in [4.69, 9.17) is 4.99 Å². The molecule has 1 heterocycles. The standard InChI is InChI=1S/C21H34N6.HI/c1-7-22-21(23-9-8-18-11-16(2)10-17(3)12-18)24-14-20(26(4)5)19-13-25-27(6)15-19;/h10-13,15,20H,7-9,14H2,1-6H3,(H2,22,23,24);1H. The molecule has 2 N–H and O–H groups in total. The van der Waals surface area contributed by atoms with Crippen LogP contribution in [0.2, 0.25) is 0 Å². The average molecular weight is 498 g/mol. The van der Waals surface area contributed by atoms with Crippen molar-refractivity contribution in [2.24, 2.45) is 12.0 Å². The zero-order valence-corrected chi connectivity index (χ0v) is 20.3. The van der Waals surface area contributed by atoms with Crippen LogP contribution >= 0.6 is 24.0 Å². The molecule has 2 aromatic rings. The minimum Gasteiger partial charge on any atom is -0.357 e. The summed E-state index contributed by atoms with van der Waals surface area (Å²) in [4.78, 5) is 6.98. The van der Waals surface area contributed by atoms with Crippen molar-refractivity contribution in [3.63, 3.8) is 0 Å². The highest BCUT2D eigenvalue weighted by Crippen LogP contribution is 2.17. The Hall–Kier alpha value is -1.61. The van der Waals surface area contributed by atoms with Gasteiger partial charge in [0.15, 0.2) is 5.96 Å². The van der Waals surface area contributed by atoms with Gasteiger partial charge in [0.2, 0.25) is 0 Å². The zero-order valence-electron chi connectivity index (χ0n) is 18.0. The number of aryl methyl sites for hydroxylation is 3. The van der Waals surface area contributed by atoms with E-state index in [1.165, 1.54) is 22.3 Å². The molecule has 0 fully saturated rings. The van der Waals surface area contributed by atoms with Gasteiger partial charge in [-0.25, -0.2) is 0 Å². The Kier molecular flexibility index (Phi) is 10.5. The molecule has 0 spiro atoms. The van der Waals surface area contributed by atoms with E-state index in [-0.39, 0.29) is 30.0 Å². The van der Waals surface area contributed by atoms with Crippen LogP contribution < -0.4 is 10.6 Å². The van der Waals surface area contributed by atoms with E-state index in [0.29, 0.717) is 6.54 Å². The molecule has 0 radical (unpaired) electrons. The van der Waals surface area contributed by atoms with Crippen LogP contribution in [0.1, 0.15) is 35.2 Å². The van der Waals surface area contributed by atoms with Gasteiger partial charge in [0.1, 0.15) is 0 Å². The lowest BCUT2D eigenvalue weighted by Crippen LogP contribution is -2.39. The number of rotatable bonds is 8. The number of nitrogens with zero attached hydrogens (tertiary/aromatic N) is 4. The number of hydrogen-bond donors (Lipinski definition) is 2. The molecular formula is C21H35IN6. The van der Waals surface area contributed by atoms with Gasteiger partial charge in [-0.1, -0.05) is 29.3 Å². The highest BCUT2D eigenvalue weighted by Gasteiger charge is 2.15. The molecule has 2 rings (SSSR count). The van der Waals surface area contributed by atoms with Crippen molar-refractivity contribution >= 4 is 29.9 Å². The van der Waals surface area contributed by atoms with Gasteiger partial charge in [-0.15, -0.1) is 24.0 Å². The summed E-state index contributed by atoms with van der Waals surface area (Å²) in [5.41, 5.74) is 5.17. The second-order valence-electron chi connectivity index (χ2n) is 7.32. The minimum absolute atomic E-state index is 0. The maximum Gasteiger partial charge on any atom is 0.191 e. The van der Waals surface area contributed by atoms with Gasteiger partial charge in [-0.05, 0) is 46.9 Å². The Balaban J connectivity index is 0.00000392. The third kappa shape index (κ3) is 7.79. The Morgan fingerprint density at radius 2 is 1.86 bits per heavy atom. The summed E-state index contributed by atoms with van der Waals surface area (Å²) >= 11 is 0. The van der Waals surface area contributed by atoms with Gasteiger partial charge in [-0.2, -0.15) is 5.10 Å². The summed E-state index contributed by atoms with van der Waals surface area (Å²) in [6.07, 6.45) is 4.95. The van der Waals surface area contributed by atoms with Gasteiger partial charge in [0.05, 0.1) is 18.8 Å². The topological polar surface area (TPSA) is 57.5 Å². The third-order valence-electron chi connectivity index (χ3n) is 4.49. The smallest absolute Gasteiger partial charge is 0.191 e. The summed E-state index contributed by atoms with van der Waals surface area (Å²) in [5, 5.41) is 11.1. The molecule has 0 aliphatic carbocycles. The van der Waals surface area contributed by atoms with E-state index in [9.17, 15) is 0 Å². The number of hydrogen-bond acceptors (Lipinski definition) is 3. The van der Waals surface area contributed by atoms with Crippen LogP contribution in [0.15, 0.2) is 35.6 Å². The maximum absolute atomic E-state index is 4.80. The van der Waals surface area contributed by atoms with E-state index >= 15 is 0 Å². The lowest BCUT2D eigenvalue weighted by atomic mass is 10.1. The minimum atomic E-state index is 0. The highest BCUT2D eigenvalue weighted by molar-refractivity contribution is 14.0. The Bertz CT molecular complexity index is 733. The molecular weight excluding hydrogens is 463 g/mol. The second-order valence-corrected chi connectivity index (χ2v) is 7.32. The van der Waals surface area contributed by atoms with Crippen molar-refractivity contribution in [3.8, 4) is 0 Å². The molecule has 7 heteroatoms. The summed E-state index contributed by atoms with van der Waals surface area (Å²) in [7, 11) is 6.10. The van der Waals surface area contributed by atoms with Crippen molar-refractivity contribution in [2.75, 3.05) is 33.7 Å². The Morgan fingerprint density at radius 1 is 1.18 bits per heavy atom. The van der Waals surface area contributed by atoms with Gasteiger partial charge in [0.25, 0.3) is 0 Å². The molecule has 28 heavy (non-hydrogen) atoms. The van der Waals surface area contributed by atoms with Gasteiger partial charge in [-0.3, -0.25) is 9.67 Å². The zero-order chi connectivity index (χ0) is 19.8. The van der Waals surface area contributed by atoms with E-state index in [0.717, 1.165) is 25.5 Å². The molecule has 1 unspecified atom stereocenters. The molecule has 0 bridgehead atoms. The molecule has 0 saturated heterocycles. The van der Waals surface area contributed by atoms with E-state index in [1.807, 2.05) is 17.9 Å². The van der Waals surface area contributed by atoms with Crippen LogP contribution in [0.3, 0.4) is 0 Å². The van der Waals surface area contributed by atoms with Crippen LogP contribution in [0, 0.1) is 13.8 Å². The SMILES string of the molecule is CCNC(=NCC(c1cnn(C)c1)N(C)C)NCCc1cc(C)cc(C)c1.I. The third-order valence-corrected chi connectivity index (χ3v) is 4.49. The number of aromatic nitrogens is 2. The molecule has 1 atom stereocenters. The number of likely N-dealkylation sites (N-methyl/N-ethyl adjacent to an activating group) is 1. The van der Waals surface area contributed by atoms with Crippen molar-refractivity contribution in [1.29, 1.82) is 0 Å². The summed E-state index contributed by atoms with van der Waals surface area (Å²) < 4.78 is 1.84. The first kappa shape index (κ1) is 24.4. The van der Waals surface area contributed by atoms with Gasteiger partial charge < -0.3 is 15.5 Å². The van der Waals surface area contributed by atoms with Crippen molar-refractivity contribution in [3.05, 3.63) is 52.8 Å². The van der Waals surface area contributed by atoms with Crippen LogP contribution in [0.25, 0.3) is 0 Å². The average Bonchev–Trinajstić information content (AvgIpc) is 3.00. The maximum atomic E-state index is 4.80. The van der Waals surface area contributed by atoms with Crippen molar-refractivity contribution in [1.82, 2.24) is 25.3 Å². The van der Waals surface area contributed by atoms with E-state index in [1.54, 1.807) is 0 Å². The normalized spacial score (nSPS) is 12.6. The first-order chi connectivity index (χ1) is 12.9. The number of guanidine groups is 1. The molecule has 1 aromatic heterocycles. The first-order valence-electron chi connectivity index (χ1n) is 9.63. The highest BCUT2D eigenvalue weighted by atomic mass is 127. The molecule has 0 aliphatic heterocycles. The van der Waals surface area contributed by atoms with Crippen molar-refractivity contribution < 1.29 is 0 Å². The largest absolute Gasteiger partial charge is 0.357 e. The fourth-order valence-corrected chi connectivity index (χ4v) is 3.24. The fraction of sp³-hybridized carbons (Fsp3) is 0.524. The molecule has 0 aliphatic rings. The van der Waals surface area contributed by atoms with E-state index in [2.05, 4.69) is 79.9 Å². The quantitative estimate of drug-likeness (QED) is 0.334. The molecule has 156 valence electrons. The predicted octanol–water partition coefficient (Wildman–Crippen LogP) is 3.06. The molecule has 6 nitrogen and oxygen atoms in total. The van der Waals surface area contributed by atoms with Gasteiger partial charge in [0, 0.05) is 31.9 Å². The first-order valence-corrected chi connectivity index (χ1v) is 9.63. The summed E-state index contributed by atoms with van der Waals surface area (Å²) in [6.45, 7) is 8.76. The van der Waals surface area contributed by atoms with Crippen molar-refractivity contribution in [2.45, 2.75) is 33.2 Å². The lowest BCUT2D eigenvalue weighted by Gasteiger charge is -2.22. The van der Waals surface area contributed by atoms with Crippen LogP contribution in [0.5, 0.6) is 0 Å². The summed E-state index contributed by atoms with van der Waals surface area (Å²) in [5.74, 6) is 0.859. The molecule has 0 amide bonds. The lowest BCUT2D eigenvalue weighted by molar-refractivity contribution is 0.306. The molecule has 0 saturated carbocycles. The summed E-state index contributed by atoms with van der Waals surface area (Å²) in [6, 6.07) is 6.92. The molecule has 1 aromatic carbocycles. The fourth-order valence-electron chi connectivity index (χ4n) is 3.24. The Morgan fingerprint density at radius 3 is 2.39 bits per heavy atom. The van der Waals surface area contributed by atoms with E-state index < -0.39 is 0 Å². The number of halogens is 1. The number of aliphatic imine (C=N–C) groups is 1. The number of benzene rings is 1. The van der Waals surface area contributed by atoms with Crippen LogP contribution in [-0.4, -0.2) is 54.4 Å². The second kappa shape index (κ2) is 12.1. The number of nitrogens with one attached hydrogen (secondary N) is 2. The predicted molar refractivity (Wildman–Crippen MR) is 129 cm³/mol. The van der Waals surface area contributed by atoms with Gasteiger partial charge >= 0.3 is 0 Å². The van der Waals surface area contributed by atoms with Crippen LogP contribution in [0.4, 0.5) is 0 Å². The van der Waals surface area contributed by atoms with Crippen LogP contribution in [-0.2, 0) is 13.5 Å².